The summed E-state index contributed by atoms with van der Waals surface area (Å²) in [5.41, 5.74) is 17.1. The summed E-state index contributed by atoms with van der Waals surface area (Å²) >= 11 is 1.89. The highest BCUT2D eigenvalue weighted by molar-refractivity contribution is 7.26. The van der Waals surface area contributed by atoms with E-state index < -0.39 is 0 Å². The zero-order chi connectivity index (χ0) is 40.0. The lowest BCUT2D eigenvalue weighted by Crippen LogP contribution is -2.16. The van der Waals surface area contributed by atoms with Crippen LogP contribution in [-0.4, -0.2) is 4.57 Å². The van der Waals surface area contributed by atoms with Crippen LogP contribution >= 0.6 is 11.3 Å². The van der Waals surface area contributed by atoms with Gasteiger partial charge in [-0.3, -0.25) is 0 Å². The largest absolute Gasteiger partial charge is 0.310 e. The molecule has 2 aromatic heterocycles. The lowest BCUT2D eigenvalue weighted by molar-refractivity contribution is 0.660. The quantitative estimate of drug-likeness (QED) is 0.163. The van der Waals surface area contributed by atoms with Gasteiger partial charge in [-0.05, 0) is 106 Å². The SMILES string of the molecule is CC1(C)c2ccccc2-c2ccc(N(c3ccc(-c4cc(-n5c6ccccc6c6ccccc65)cc5c4sc4ccccc45)cc3)c3cccc(-c4ccccc4)c3)cc21. The van der Waals surface area contributed by atoms with Crippen molar-refractivity contribution in [1.82, 2.24) is 4.57 Å². The van der Waals surface area contributed by atoms with E-state index in [0.717, 1.165) is 17.1 Å². The second kappa shape index (κ2) is 13.4. The predicted molar refractivity (Wildman–Crippen MR) is 257 cm³/mol. The van der Waals surface area contributed by atoms with Crippen molar-refractivity contribution in [3.05, 3.63) is 217 Å². The van der Waals surface area contributed by atoms with Gasteiger partial charge in [0.25, 0.3) is 0 Å². The fraction of sp³-hybridized carbons (Fsp3) is 0.0526. The van der Waals surface area contributed by atoms with Gasteiger partial charge in [-0.15, -0.1) is 11.3 Å². The van der Waals surface area contributed by atoms with E-state index >= 15 is 0 Å². The fourth-order valence-electron chi connectivity index (χ4n) is 9.88. The molecule has 0 radical (unpaired) electrons. The van der Waals surface area contributed by atoms with Crippen molar-refractivity contribution >= 4 is 70.4 Å². The van der Waals surface area contributed by atoms with E-state index in [4.69, 9.17) is 0 Å². The van der Waals surface area contributed by atoms with Crippen molar-refractivity contribution in [2.45, 2.75) is 19.3 Å². The molecular formula is C57H40N2S. The highest BCUT2D eigenvalue weighted by Crippen LogP contribution is 2.51. The van der Waals surface area contributed by atoms with Gasteiger partial charge in [0.1, 0.15) is 0 Å². The number of hydrogen-bond donors (Lipinski definition) is 0. The summed E-state index contributed by atoms with van der Waals surface area (Å²) in [6.07, 6.45) is 0. The van der Waals surface area contributed by atoms with Gasteiger partial charge in [0, 0.05) is 64.7 Å². The third-order valence-corrected chi connectivity index (χ3v) is 14.0. The second-order valence-corrected chi connectivity index (χ2v) is 17.6. The Morgan fingerprint density at radius 2 is 1.02 bits per heavy atom. The molecule has 0 saturated carbocycles. The standard InChI is InChI=1S/C57H40N2S/c1-57(2)51-23-10-6-19-44(51)45-32-31-42(36-52(45)57)58(41-18-14-17-39(33-41)37-15-4-3-5-16-37)40-29-27-38(28-30-40)49-34-43(35-50-48-22-9-13-26-55(48)60-56(49)50)59-53-24-11-7-20-46(53)47-21-8-12-25-54(47)59/h3-36H,1-2H3. The zero-order valence-corrected chi connectivity index (χ0v) is 34.2. The lowest BCUT2D eigenvalue weighted by Gasteiger charge is -2.28. The minimum Gasteiger partial charge on any atom is -0.310 e. The van der Waals surface area contributed by atoms with Gasteiger partial charge in [-0.1, -0.05) is 153 Å². The number of para-hydroxylation sites is 2. The van der Waals surface area contributed by atoms with Crippen LogP contribution in [0.5, 0.6) is 0 Å². The first-order valence-corrected chi connectivity index (χ1v) is 21.6. The van der Waals surface area contributed by atoms with Crippen molar-refractivity contribution in [3.63, 3.8) is 0 Å². The number of aromatic nitrogens is 1. The van der Waals surface area contributed by atoms with Crippen LogP contribution in [0, 0.1) is 0 Å². The molecule has 9 aromatic carbocycles. The molecule has 0 amide bonds. The molecule has 0 unspecified atom stereocenters. The van der Waals surface area contributed by atoms with E-state index in [9.17, 15) is 0 Å². The van der Waals surface area contributed by atoms with Crippen LogP contribution in [0.25, 0.3) is 81.0 Å². The number of hydrogen-bond acceptors (Lipinski definition) is 2. The molecule has 284 valence electrons. The van der Waals surface area contributed by atoms with Gasteiger partial charge in [0.05, 0.1) is 11.0 Å². The third-order valence-electron chi connectivity index (χ3n) is 12.8. The summed E-state index contributed by atoms with van der Waals surface area (Å²) in [7, 11) is 0. The summed E-state index contributed by atoms with van der Waals surface area (Å²) in [5.74, 6) is 0. The predicted octanol–water partition coefficient (Wildman–Crippen LogP) is 16.3. The van der Waals surface area contributed by atoms with Gasteiger partial charge in [0.15, 0.2) is 0 Å². The maximum atomic E-state index is 2.45. The Kier molecular flexibility index (Phi) is 7.79. The van der Waals surface area contributed by atoms with Crippen LogP contribution in [-0.2, 0) is 5.41 Å². The fourth-order valence-corrected chi connectivity index (χ4v) is 11.1. The van der Waals surface area contributed by atoms with Gasteiger partial charge >= 0.3 is 0 Å². The van der Waals surface area contributed by atoms with Crippen LogP contribution < -0.4 is 4.90 Å². The van der Waals surface area contributed by atoms with Crippen LogP contribution in [0.1, 0.15) is 25.0 Å². The minimum absolute atomic E-state index is 0.111. The Morgan fingerprint density at radius 1 is 0.400 bits per heavy atom. The Labute approximate surface area is 353 Å². The molecule has 0 bridgehead atoms. The molecule has 11 aromatic rings. The maximum Gasteiger partial charge on any atom is 0.0541 e. The van der Waals surface area contributed by atoms with Gasteiger partial charge < -0.3 is 9.47 Å². The highest BCUT2D eigenvalue weighted by atomic mass is 32.1. The molecule has 12 rings (SSSR count). The summed E-state index contributed by atoms with van der Waals surface area (Å²) in [4.78, 5) is 2.43. The van der Waals surface area contributed by atoms with Crippen LogP contribution in [0.3, 0.4) is 0 Å². The average molecular weight is 785 g/mol. The molecule has 0 N–H and O–H groups in total. The lowest BCUT2D eigenvalue weighted by atomic mass is 9.82. The number of thiophene rings is 1. The van der Waals surface area contributed by atoms with Gasteiger partial charge in [0.2, 0.25) is 0 Å². The van der Waals surface area contributed by atoms with E-state index in [1.54, 1.807) is 0 Å². The van der Waals surface area contributed by atoms with Crippen LogP contribution in [0.15, 0.2) is 206 Å². The number of benzene rings is 9. The Hall–Kier alpha value is -7.20. The minimum atomic E-state index is -0.111. The first kappa shape index (κ1) is 34.8. The number of fused-ring (bicyclic) bond motifs is 9. The second-order valence-electron chi connectivity index (χ2n) is 16.5. The number of rotatable bonds is 6. The molecule has 2 nitrogen and oxygen atoms in total. The highest BCUT2D eigenvalue weighted by Gasteiger charge is 2.35. The van der Waals surface area contributed by atoms with Crippen molar-refractivity contribution in [1.29, 1.82) is 0 Å². The molecular weight excluding hydrogens is 745 g/mol. The summed E-state index contributed by atoms with van der Waals surface area (Å²) in [6.45, 7) is 4.72. The van der Waals surface area contributed by atoms with Crippen molar-refractivity contribution in [2.75, 3.05) is 4.90 Å². The monoisotopic (exact) mass is 784 g/mol. The van der Waals surface area contributed by atoms with E-state index in [1.165, 1.54) is 92.2 Å². The molecule has 1 aliphatic rings. The van der Waals surface area contributed by atoms with Crippen molar-refractivity contribution < 1.29 is 0 Å². The first-order chi connectivity index (χ1) is 29.5. The Bertz CT molecular complexity index is 3410. The molecule has 0 spiro atoms. The van der Waals surface area contributed by atoms with E-state index in [-0.39, 0.29) is 5.41 Å². The summed E-state index contributed by atoms with van der Waals surface area (Å²) in [5, 5.41) is 5.12. The van der Waals surface area contributed by atoms with Crippen LogP contribution in [0.2, 0.25) is 0 Å². The molecule has 3 heteroatoms. The third kappa shape index (κ3) is 5.33. The normalized spacial score (nSPS) is 13.0. The summed E-state index contributed by atoms with van der Waals surface area (Å²) < 4.78 is 5.06. The topological polar surface area (TPSA) is 8.17 Å². The first-order valence-electron chi connectivity index (χ1n) is 20.8. The van der Waals surface area contributed by atoms with E-state index in [0.29, 0.717) is 0 Å². The van der Waals surface area contributed by atoms with Crippen molar-refractivity contribution in [2.24, 2.45) is 0 Å². The smallest absolute Gasteiger partial charge is 0.0541 e. The molecule has 0 atom stereocenters. The number of anilines is 3. The van der Waals surface area contributed by atoms with E-state index in [1.807, 2.05) is 11.3 Å². The zero-order valence-electron chi connectivity index (χ0n) is 33.4. The Balaban J connectivity index is 1.04. The Morgan fingerprint density at radius 3 is 1.80 bits per heavy atom. The average Bonchev–Trinajstić information content (AvgIpc) is 3.92. The van der Waals surface area contributed by atoms with Gasteiger partial charge in [-0.25, -0.2) is 0 Å². The molecule has 0 aliphatic heterocycles. The molecule has 0 saturated heterocycles. The maximum absolute atomic E-state index is 2.45. The summed E-state index contributed by atoms with van der Waals surface area (Å²) in [6, 6.07) is 76.1. The molecule has 60 heavy (non-hydrogen) atoms. The van der Waals surface area contributed by atoms with E-state index in [2.05, 4.69) is 230 Å². The number of nitrogens with zero attached hydrogens (tertiary/aromatic N) is 2. The molecule has 1 aliphatic carbocycles. The van der Waals surface area contributed by atoms with Crippen molar-refractivity contribution in [3.8, 4) is 39.1 Å². The van der Waals surface area contributed by atoms with Gasteiger partial charge in [-0.2, -0.15) is 0 Å². The van der Waals surface area contributed by atoms with Crippen LogP contribution in [0.4, 0.5) is 17.1 Å². The molecule has 0 fully saturated rings. The molecule has 2 heterocycles.